The van der Waals surface area contributed by atoms with Crippen molar-refractivity contribution in [2.75, 3.05) is 0 Å². The van der Waals surface area contributed by atoms with Crippen LogP contribution >= 0.6 is 11.3 Å². The Kier molecular flexibility index (Phi) is 4.00. The quantitative estimate of drug-likeness (QED) is 0.716. The molecule has 0 bridgehead atoms. The maximum Gasteiger partial charge on any atom is 0.264 e. The van der Waals surface area contributed by atoms with Crippen molar-refractivity contribution < 1.29 is 4.79 Å². The maximum absolute atomic E-state index is 13.3. The Morgan fingerprint density at radius 1 is 1.24 bits per heavy atom. The molecule has 0 radical (unpaired) electrons. The molecule has 6 heteroatoms. The van der Waals surface area contributed by atoms with Crippen LogP contribution in [0.3, 0.4) is 0 Å². The lowest BCUT2D eigenvalue weighted by Crippen LogP contribution is -2.32. The van der Waals surface area contributed by atoms with E-state index in [-0.39, 0.29) is 5.91 Å². The molecule has 4 rings (SSSR count). The van der Waals surface area contributed by atoms with Gasteiger partial charge in [-0.2, -0.15) is 0 Å². The zero-order valence-electron chi connectivity index (χ0n) is 14.6. The second-order valence-electron chi connectivity index (χ2n) is 6.58. The molecular formula is C19H20N4OS. The minimum absolute atomic E-state index is 0.0886. The van der Waals surface area contributed by atoms with E-state index in [0.717, 1.165) is 50.7 Å². The first-order chi connectivity index (χ1) is 12.0. The predicted octanol–water partition coefficient (Wildman–Crippen LogP) is 3.82. The number of nitrogens with zero attached hydrogens (tertiary/aromatic N) is 4. The monoisotopic (exact) mass is 352 g/mol. The number of thiophene rings is 1. The average molecular weight is 352 g/mol. The molecule has 0 unspecified atom stereocenters. The number of aromatic nitrogens is 3. The maximum atomic E-state index is 13.3. The van der Waals surface area contributed by atoms with Crippen LogP contribution in [0.15, 0.2) is 24.4 Å². The normalized spacial score (nSPS) is 14.0. The van der Waals surface area contributed by atoms with E-state index in [1.807, 2.05) is 43.9 Å². The zero-order chi connectivity index (χ0) is 17.6. The first-order valence-electron chi connectivity index (χ1n) is 8.50. The van der Waals surface area contributed by atoms with Crippen LogP contribution < -0.4 is 0 Å². The van der Waals surface area contributed by atoms with E-state index in [1.165, 1.54) is 11.3 Å². The number of pyridine rings is 1. The van der Waals surface area contributed by atoms with Gasteiger partial charge in [-0.15, -0.1) is 11.3 Å². The average Bonchev–Trinajstić information content (AvgIpc) is 3.37. The second kappa shape index (κ2) is 6.19. The van der Waals surface area contributed by atoms with Crippen LogP contribution in [-0.4, -0.2) is 31.8 Å². The Balaban J connectivity index is 1.72. The molecule has 25 heavy (non-hydrogen) atoms. The summed E-state index contributed by atoms with van der Waals surface area (Å²) < 4.78 is 0. The predicted molar refractivity (Wildman–Crippen MR) is 98.8 cm³/mol. The number of fused-ring (bicyclic) bond motifs is 1. The molecule has 1 amide bonds. The molecule has 0 spiro atoms. The van der Waals surface area contributed by atoms with Crippen molar-refractivity contribution in [2.45, 2.75) is 46.2 Å². The van der Waals surface area contributed by atoms with Crippen molar-refractivity contribution in [3.8, 4) is 0 Å². The van der Waals surface area contributed by atoms with E-state index < -0.39 is 0 Å². The highest BCUT2D eigenvalue weighted by Gasteiger charge is 2.35. The van der Waals surface area contributed by atoms with Gasteiger partial charge in [0.2, 0.25) is 0 Å². The van der Waals surface area contributed by atoms with Gasteiger partial charge in [-0.05, 0) is 51.3 Å². The molecule has 0 saturated heterocycles. The van der Waals surface area contributed by atoms with Crippen molar-refractivity contribution in [3.05, 3.63) is 52.0 Å². The van der Waals surface area contributed by atoms with Gasteiger partial charge in [0.1, 0.15) is 10.7 Å². The van der Waals surface area contributed by atoms with Crippen LogP contribution in [0.2, 0.25) is 0 Å². The molecule has 3 heterocycles. The highest BCUT2D eigenvalue weighted by molar-refractivity contribution is 7.20. The summed E-state index contributed by atoms with van der Waals surface area (Å²) in [6, 6.07) is 6.16. The van der Waals surface area contributed by atoms with Crippen molar-refractivity contribution in [2.24, 2.45) is 0 Å². The molecule has 1 aliphatic rings. The molecule has 1 aliphatic carbocycles. The summed E-state index contributed by atoms with van der Waals surface area (Å²) in [5.41, 5.74) is 2.86. The van der Waals surface area contributed by atoms with Gasteiger partial charge in [0.15, 0.2) is 0 Å². The van der Waals surface area contributed by atoms with E-state index in [4.69, 9.17) is 0 Å². The second-order valence-corrected chi connectivity index (χ2v) is 7.58. The number of hydrogen-bond donors (Lipinski definition) is 0. The van der Waals surface area contributed by atoms with Crippen LogP contribution in [-0.2, 0) is 6.54 Å². The molecule has 3 aromatic rings. The molecule has 0 N–H and O–H groups in total. The number of amides is 1. The summed E-state index contributed by atoms with van der Waals surface area (Å²) in [6.45, 7) is 6.43. The fourth-order valence-corrected chi connectivity index (χ4v) is 4.46. The molecule has 0 aliphatic heterocycles. The SMILES string of the molecule is Cc1nc(C)c2c(C)c(C(=O)N(Cc3ccccn3)C3CC3)sc2n1. The third-order valence-electron chi connectivity index (χ3n) is 4.58. The Bertz CT molecular complexity index is 947. The van der Waals surface area contributed by atoms with E-state index in [1.54, 1.807) is 6.20 Å². The van der Waals surface area contributed by atoms with Gasteiger partial charge in [-0.25, -0.2) is 9.97 Å². The first kappa shape index (κ1) is 16.1. The van der Waals surface area contributed by atoms with Crippen LogP contribution in [0.25, 0.3) is 10.2 Å². The Labute approximate surface area is 150 Å². The van der Waals surface area contributed by atoms with Crippen LogP contribution in [0, 0.1) is 20.8 Å². The largest absolute Gasteiger partial charge is 0.329 e. The van der Waals surface area contributed by atoms with E-state index in [9.17, 15) is 4.79 Å². The van der Waals surface area contributed by atoms with E-state index >= 15 is 0 Å². The van der Waals surface area contributed by atoms with Crippen molar-refractivity contribution >= 4 is 27.5 Å². The van der Waals surface area contributed by atoms with Gasteiger partial charge in [0.25, 0.3) is 5.91 Å². The lowest BCUT2D eigenvalue weighted by molar-refractivity contribution is 0.0732. The number of aryl methyl sites for hydroxylation is 3. The first-order valence-corrected chi connectivity index (χ1v) is 9.31. The summed E-state index contributed by atoms with van der Waals surface area (Å²) in [5.74, 6) is 0.837. The van der Waals surface area contributed by atoms with Gasteiger partial charge >= 0.3 is 0 Å². The lowest BCUT2D eigenvalue weighted by Gasteiger charge is -2.21. The number of rotatable bonds is 4. The smallest absolute Gasteiger partial charge is 0.264 e. The minimum atomic E-state index is 0.0886. The molecule has 0 atom stereocenters. The Hall–Kier alpha value is -2.34. The highest BCUT2D eigenvalue weighted by atomic mass is 32.1. The van der Waals surface area contributed by atoms with Crippen molar-refractivity contribution in [3.63, 3.8) is 0 Å². The molecule has 3 aromatic heterocycles. The fourth-order valence-electron chi connectivity index (χ4n) is 3.23. The van der Waals surface area contributed by atoms with Gasteiger partial charge in [0.05, 0.1) is 17.1 Å². The third kappa shape index (κ3) is 3.02. The highest BCUT2D eigenvalue weighted by Crippen LogP contribution is 2.35. The number of carbonyl (C=O) groups excluding carboxylic acids is 1. The van der Waals surface area contributed by atoms with Gasteiger partial charge in [-0.3, -0.25) is 9.78 Å². The van der Waals surface area contributed by atoms with Crippen LogP contribution in [0.4, 0.5) is 0 Å². The van der Waals surface area contributed by atoms with E-state index in [0.29, 0.717) is 12.6 Å². The van der Waals surface area contributed by atoms with Gasteiger partial charge in [0, 0.05) is 23.3 Å². The van der Waals surface area contributed by atoms with Crippen LogP contribution in [0.5, 0.6) is 0 Å². The van der Waals surface area contributed by atoms with Crippen molar-refractivity contribution in [1.29, 1.82) is 0 Å². The summed E-state index contributed by atoms with van der Waals surface area (Å²) in [5, 5.41) is 1.02. The standard InChI is InChI=1S/C19H20N4OS/c1-11-16-12(2)21-13(3)22-18(16)25-17(11)19(24)23(15-7-8-15)10-14-6-4-5-9-20-14/h4-6,9,15H,7-8,10H2,1-3H3. The molecule has 1 saturated carbocycles. The summed E-state index contributed by atoms with van der Waals surface area (Å²) in [6.07, 6.45) is 3.91. The summed E-state index contributed by atoms with van der Waals surface area (Å²) in [7, 11) is 0. The minimum Gasteiger partial charge on any atom is -0.329 e. The molecule has 1 fully saturated rings. The Morgan fingerprint density at radius 3 is 2.72 bits per heavy atom. The molecule has 0 aromatic carbocycles. The van der Waals surface area contributed by atoms with Gasteiger partial charge in [-0.1, -0.05) is 6.07 Å². The lowest BCUT2D eigenvalue weighted by atomic mass is 10.1. The summed E-state index contributed by atoms with van der Waals surface area (Å²) in [4.78, 5) is 30.3. The molecular weight excluding hydrogens is 332 g/mol. The molecule has 128 valence electrons. The topological polar surface area (TPSA) is 59.0 Å². The van der Waals surface area contributed by atoms with E-state index in [2.05, 4.69) is 15.0 Å². The third-order valence-corrected chi connectivity index (χ3v) is 5.76. The Morgan fingerprint density at radius 2 is 2.04 bits per heavy atom. The zero-order valence-corrected chi connectivity index (χ0v) is 15.4. The number of carbonyl (C=O) groups is 1. The van der Waals surface area contributed by atoms with Gasteiger partial charge < -0.3 is 4.90 Å². The molecule has 5 nitrogen and oxygen atoms in total. The summed E-state index contributed by atoms with van der Waals surface area (Å²) >= 11 is 1.48. The van der Waals surface area contributed by atoms with Crippen LogP contribution in [0.1, 0.15) is 45.3 Å². The number of hydrogen-bond acceptors (Lipinski definition) is 5. The fraction of sp³-hybridized carbons (Fsp3) is 0.368. The van der Waals surface area contributed by atoms with Crippen molar-refractivity contribution in [1.82, 2.24) is 19.9 Å².